The lowest BCUT2D eigenvalue weighted by molar-refractivity contribution is -0.120. The van der Waals surface area contributed by atoms with Crippen LogP contribution in [-0.4, -0.2) is 48.5 Å². The van der Waals surface area contributed by atoms with Crippen molar-refractivity contribution >= 4 is 23.6 Å². The molecular weight excluding hydrogens is 256 g/mol. The van der Waals surface area contributed by atoms with Crippen LogP contribution in [0.4, 0.5) is 16.4 Å². The number of imide groups is 1. The van der Waals surface area contributed by atoms with Crippen molar-refractivity contribution in [3.63, 3.8) is 0 Å². The summed E-state index contributed by atoms with van der Waals surface area (Å²) < 4.78 is 0. The molecule has 20 heavy (non-hydrogen) atoms. The Kier molecular flexibility index (Phi) is 3.08. The van der Waals surface area contributed by atoms with Crippen molar-refractivity contribution in [2.75, 3.05) is 30.4 Å². The van der Waals surface area contributed by atoms with Gasteiger partial charge >= 0.3 is 6.03 Å². The first-order valence-electron chi connectivity index (χ1n) is 6.88. The van der Waals surface area contributed by atoms with Gasteiger partial charge in [-0.3, -0.25) is 4.79 Å². The fourth-order valence-electron chi connectivity index (χ4n) is 2.79. The van der Waals surface area contributed by atoms with Crippen LogP contribution in [0, 0.1) is 0 Å². The zero-order chi connectivity index (χ0) is 14.3. The van der Waals surface area contributed by atoms with Gasteiger partial charge in [-0.1, -0.05) is 6.07 Å². The smallest absolute Gasteiger partial charge is 0.333 e. The topological polar surface area (TPSA) is 56.8 Å². The summed E-state index contributed by atoms with van der Waals surface area (Å²) in [6.07, 6.45) is 2.72. The Bertz CT molecular complexity index is 534. The predicted molar refractivity (Wildman–Crippen MR) is 75.8 cm³/mol. The van der Waals surface area contributed by atoms with Crippen LogP contribution in [0.1, 0.15) is 19.3 Å². The monoisotopic (exact) mass is 274 g/mol. The summed E-state index contributed by atoms with van der Waals surface area (Å²) in [5, 5.41) is 0. The molecule has 6 nitrogen and oxygen atoms in total. The second-order valence-corrected chi connectivity index (χ2v) is 5.41. The molecule has 3 rings (SSSR count). The molecule has 2 aliphatic rings. The molecule has 6 heteroatoms. The molecule has 0 aromatic carbocycles. The number of carbonyl (C=O) groups is 2. The molecule has 1 unspecified atom stereocenters. The van der Waals surface area contributed by atoms with Crippen molar-refractivity contribution in [1.29, 1.82) is 0 Å². The van der Waals surface area contributed by atoms with Gasteiger partial charge < -0.3 is 9.80 Å². The number of pyridine rings is 1. The number of hydrogen-bond donors (Lipinski definition) is 0. The van der Waals surface area contributed by atoms with E-state index >= 15 is 0 Å². The Morgan fingerprint density at radius 3 is 2.75 bits per heavy atom. The summed E-state index contributed by atoms with van der Waals surface area (Å²) in [5.41, 5.74) is 0. The lowest BCUT2D eigenvalue weighted by Gasteiger charge is -2.25. The Balaban J connectivity index is 1.95. The van der Waals surface area contributed by atoms with Gasteiger partial charge in [-0.25, -0.2) is 14.7 Å². The standard InChI is InChI=1S/C14H18N4O2/c1-16(2)11-7-5-8-12(15-11)18-13(19)10-6-3-4-9-17(10)14(18)20/h5,7-8,10H,3-4,6,9H2,1-2H3. The third-order valence-electron chi connectivity index (χ3n) is 3.85. The third-order valence-corrected chi connectivity index (χ3v) is 3.85. The minimum Gasteiger partial charge on any atom is -0.363 e. The molecule has 2 fully saturated rings. The maximum Gasteiger partial charge on any atom is 0.333 e. The Hall–Kier alpha value is -2.11. The lowest BCUT2D eigenvalue weighted by atomic mass is 10.0. The van der Waals surface area contributed by atoms with E-state index in [1.807, 2.05) is 31.1 Å². The van der Waals surface area contributed by atoms with Crippen LogP contribution >= 0.6 is 0 Å². The maximum absolute atomic E-state index is 12.4. The molecule has 1 aromatic heterocycles. The third kappa shape index (κ3) is 1.92. The molecule has 0 spiro atoms. The van der Waals surface area contributed by atoms with Gasteiger partial charge in [0.25, 0.3) is 5.91 Å². The van der Waals surface area contributed by atoms with Gasteiger partial charge in [0.2, 0.25) is 0 Å². The quantitative estimate of drug-likeness (QED) is 0.766. The number of piperidine rings is 1. The average molecular weight is 274 g/mol. The normalized spacial score (nSPS) is 22.2. The second-order valence-electron chi connectivity index (χ2n) is 5.41. The highest BCUT2D eigenvalue weighted by Crippen LogP contribution is 2.30. The van der Waals surface area contributed by atoms with E-state index in [0.717, 1.165) is 25.1 Å². The number of urea groups is 1. The predicted octanol–water partition coefficient (Wildman–Crippen LogP) is 1.47. The number of anilines is 2. The number of carbonyl (C=O) groups excluding carboxylic acids is 2. The minimum atomic E-state index is -0.291. The highest BCUT2D eigenvalue weighted by atomic mass is 16.2. The van der Waals surface area contributed by atoms with Gasteiger partial charge in [0.1, 0.15) is 17.7 Å². The fourth-order valence-corrected chi connectivity index (χ4v) is 2.79. The van der Waals surface area contributed by atoms with Crippen LogP contribution in [0.3, 0.4) is 0 Å². The number of amides is 3. The minimum absolute atomic E-state index is 0.141. The number of fused-ring (bicyclic) bond motifs is 1. The van der Waals surface area contributed by atoms with E-state index in [0.29, 0.717) is 12.4 Å². The van der Waals surface area contributed by atoms with E-state index in [2.05, 4.69) is 4.98 Å². The van der Waals surface area contributed by atoms with Gasteiger partial charge in [-0.2, -0.15) is 0 Å². The first-order chi connectivity index (χ1) is 9.59. The highest BCUT2D eigenvalue weighted by Gasteiger charge is 2.47. The molecule has 1 aromatic rings. The van der Waals surface area contributed by atoms with E-state index in [-0.39, 0.29) is 18.0 Å². The SMILES string of the molecule is CN(C)c1cccc(N2C(=O)C3CCCCN3C2=O)n1. The number of rotatable bonds is 2. The second kappa shape index (κ2) is 4.77. The molecule has 0 bridgehead atoms. The molecule has 3 heterocycles. The summed E-state index contributed by atoms with van der Waals surface area (Å²) in [7, 11) is 3.76. The van der Waals surface area contributed by atoms with E-state index in [1.54, 1.807) is 11.0 Å². The largest absolute Gasteiger partial charge is 0.363 e. The first-order valence-corrected chi connectivity index (χ1v) is 6.88. The van der Waals surface area contributed by atoms with Gasteiger partial charge in [0, 0.05) is 20.6 Å². The van der Waals surface area contributed by atoms with Crippen molar-refractivity contribution in [1.82, 2.24) is 9.88 Å². The fraction of sp³-hybridized carbons (Fsp3) is 0.500. The Morgan fingerprint density at radius 2 is 2.05 bits per heavy atom. The Morgan fingerprint density at radius 1 is 1.25 bits per heavy atom. The van der Waals surface area contributed by atoms with Crippen molar-refractivity contribution in [2.24, 2.45) is 0 Å². The van der Waals surface area contributed by atoms with Crippen LogP contribution in [0.15, 0.2) is 18.2 Å². The summed E-state index contributed by atoms with van der Waals surface area (Å²) in [4.78, 5) is 34.0. The summed E-state index contributed by atoms with van der Waals surface area (Å²) >= 11 is 0. The van der Waals surface area contributed by atoms with Crippen molar-refractivity contribution in [3.05, 3.63) is 18.2 Å². The van der Waals surface area contributed by atoms with Crippen molar-refractivity contribution < 1.29 is 9.59 Å². The van der Waals surface area contributed by atoms with Gasteiger partial charge in [-0.05, 0) is 31.4 Å². The summed E-state index contributed by atoms with van der Waals surface area (Å²) in [6.45, 7) is 0.666. The molecule has 1 atom stereocenters. The molecule has 0 aliphatic carbocycles. The van der Waals surface area contributed by atoms with E-state index < -0.39 is 0 Å². The molecule has 0 saturated carbocycles. The number of hydrogen-bond acceptors (Lipinski definition) is 4. The highest BCUT2D eigenvalue weighted by molar-refractivity contribution is 6.20. The summed E-state index contributed by atoms with van der Waals surface area (Å²) in [5.74, 6) is 1.01. The van der Waals surface area contributed by atoms with Gasteiger partial charge in [0.05, 0.1) is 0 Å². The van der Waals surface area contributed by atoms with Crippen molar-refractivity contribution in [3.8, 4) is 0 Å². The van der Waals surface area contributed by atoms with Crippen molar-refractivity contribution in [2.45, 2.75) is 25.3 Å². The van der Waals surface area contributed by atoms with Crippen LogP contribution in [-0.2, 0) is 4.79 Å². The lowest BCUT2D eigenvalue weighted by Crippen LogP contribution is -2.39. The molecule has 2 aliphatic heterocycles. The number of aromatic nitrogens is 1. The van der Waals surface area contributed by atoms with E-state index in [4.69, 9.17) is 0 Å². The van der Waals surface area contributed by atoms with Gasteiger partial charge in [-0.15, -0.1) is 0 Å². The zero-order valence-electron chi connectivity index (χ0n) is 11.7. The average Bonchev–Trinajstić information content (AvgIpc) is 2.72. The molecule has 0 N–H and O–H groups in total. The van der Waals surface area contributed by atoms with Crippen LogP contribution in [0.2, 0.25) is 0 Å². The van der Waals surface area contributed by atoms with E-state index in [9.17, 15) is 9.59 Å². The molecule has 0 radical (unpaired) electrons. The molecule has 2 saturated heterocycles. The molecular formula is C14H18N4O2. The first kappa shape index (κ1) is 12.9. The summed E-state index contributed by atoms with van der Waals surface area (Å²) in [6, 6.07) is 4.85. The molecule has 3 amide bonds. The number of nitrogens with zero attached hydrogens (tertiary/aromatic N) is 4. The Labute approximate surface area is 118 Å². The van der Waals surface area contributed by atoms with Gasteiger partial charge in [0.15, 0.2) is 0 Å². The maximum atomic E-state index is 12.4. The van der Waals surface area contributed by atoms with E-state index in [1.165, 1.54) is 4.90 Å². The molecule has 106 valence electrons. The zero-order valence-corrected chi connectivity index (χ0v) is 11.7. The van der Waals surface area contributed by atoms with Crippen LogP contribution in [0.5, 0.6) is 0 Å². The van der Waals surface area contributed by atoms with Crippen LogP contribution in [0.25, 0.3) is 0 Å². The van der Waals surface area contributed by atoms with Crippen LogP contribution < -0.4 is 9.80 Å².